The number of amides is 5. The third-order valence-electron chi connectivity index (χ3n) is 6.29. The van der Waals surface area contributed by atoms with Gasteiger partial charge in [-0.1, -0.05) is 43.7 Å². The summed E-state index contributed by atoms with van der Waals surface area (Å²) in [7, 11) is 0. The van der Waals surface area contributed by atoms with Crippen LogP contribution in [0.2, 0.25) is 0 Å². The van der Waals surface area contributed by atoms with Crippen molar-refractivity contribution in [3.8, 4) is 5.75 Å². The number of hydrogen-bond acceptors (Lipinski definition) is 7. The predicted molar refractivity (Wildman–Crippen MR) is 136 cm³/mol. The second-order valence-corrected chi connectivity index (χ2v) is 9.05. The largest absolute Gasteiger partial charge is 0.508 e. The minimum atomic E-state index is -1.27. The highest BCUT2D eigenvalue weighted by molar-refractivity contribution is 6.10. The molecule has 1 heterocycles. The highest BCUT2D eigenvalue weighted by Gasteiger charge is 2.33. The fraction of sp³-hybridized carbons (Fsp3) is 0.370. The lowest BCUT2D eigenvalue weighted by Gasteiger charge is -2.27. The van der Waals surface area contributed by atoms with Crippen LogP contribution < -0.4 is 16.1 Å². The van der Waals surface area contributed by atoms with E-state index >= 15 is 0 Å². The number of hydrogen-bond donors (Lipinski definition) is 5. The molecule has 0 fully saturated rings. The molecule has 0 radical (unpaired) electrons. The Hall–Kier alpha value is -4.25. The van der Waals surface area contributed by atoms with E-state index in [1.165, 1.54) is 29.2 Å². The SMILES string of the molecule is CCCc1ccc(CCC(=O)NC[C@H](NC(=O)CCN2C(=O)Cc3c(O)cccc3C2=O)C(=O)NO)cc1. The molecule has 5 N–H and O–H groups in total. The monoisotopic (exact) mass is 524 g/mol. The van der Waals surface area contributed by atoms with Crippen LogP contribution in [-0.4, -0.2) is 63.9 Å². The van der Waals surface area contributed by atoms with Crippen molar-refractivity contribution in [1.29, 1.82) is 0 Å². The van der Waals surface area contributed by atoms with E-state index in [4.69, 9.17) is 5.21 Å². The van der Waals surface area contributed by atoms with Gasteiger partial charge in [0, 0.05) is 37.1 Å². The summed E-state index contributed by atoms with van der Waals surface area (Å²) in [5.74, 6) is -3.27. The maximum atomic E-state index is 12.7. The summed E-state index contributed by atoms with van der Waals surface area (Å²) in [6.45, 7) is 1.60. The second-order valence-electron chi connectivity index (χ2n) is 9.05. The Morgan fingerprint density at radius 2 is 1.66 bits per heavy atom. The summed E-state index contributed by atoms with van der Waals surface area (Å²) in [5.41, 5.74) is 4.11. The molecule has 1 aliphatic heterocycles. The predicted octanol–water partition coefficient (Wildman–Crippen LogP) is 0.999. The van der Waals surface area contributed by atoms with E-state index in [1.54, 1.807) is 0 Å². The Bertz CT molecular complexity index is 1200. The van der Waals surface area contributed by atoms with Crippen molar-refractivity contribution >= 4 is 29.5 Å². The van der Waals surface area contributed by atoms with Gasteiger partial charge in [-0.15, -0.1) is 0 Å². The van der Waals surface area contributed by atoms with E-state index in [9.17, 15) is 29.1 Å². The van der Waals surface area contributed by atoms with Gasteiger partial charge in [-0.05, 0) is 36.1 Å². The van der Waals surface area contributed by atoms with Crippen molar-refractivity contribution in [2.24, 2.45) is 0 Å². The molecule has 11 nitrogen and oxygen atoms in total. The number of hydroxylamine groups is 1. The average Bonchev–Trinajstić information content (AvgIpc) is 2.91. The van der Waals surface area contributed by atoms with Gasteiger partial charge in [-0.3, -0.25) is 34.1 Å². The number of carbonyl (C=O) groups is 5. The van der Waals surface area contributed by atoms with Crippen molar-refractivity contribution in [1.82, 2.24) is 21.0 Å². The smallest absolute Gasteiger partial charge is 0.267 e. The Morgan fingerprint density at radius 1 is 0.974 bits per heavy atom. The van der Waals surface area contributed by atoms with Gasteiger partial charge in [-0.2, -0.15) is 0 Å². The van der Waals surface area contributed by atoms with Gasteiger partial charge in [-0.25, -0.2) is 5.48 Å². The molecule has 11 heteroatoms. The molecule has 38 heavy (non-hydrogen) atoms. The lowest BCUT2D eigenvalue weighted by Crippen LogP contribution is -2.52. The van der Waals surface area contributed by atoms with Gasteiger partial charge in [0.1, 0.15) is 11.8 Å². The Kier molecular flexibility index (Phi) is 9.94. The van der Waals surface area contributed by atoms with Crippen LogP contribution in [0.3, 0.4) is 0 Å². The first-order valence-electron chi connectivity index (χ1n) is 12.5. The maximum absolute atomic E-state index is 12.7. The molecule has 0 aliphatic carbocycles. The van der Waals surface area contributed by atoms with Crippen LogP contribution in [0.25, 0.3) is 0 Å². The van der Waals surface area contributed by atoms with Crippen LogP contribution in [0.1, 0.15) is 53.2 Å². The number of aromatic hydroxyl groups is 1. The van der Waals surface area contributed by atoms with Crippen molar-refractivity contribution in [3.05, 3.63) is 64.7 Å². The molecule has 0 aromatic heterocycles. The minimum absolute atomic E-state index is 0.147. The number of phenols is 1. The molecule has 1 aliphatic rings. The van der Waals surface area contributed by atoms with Crippen LogP contribution in [0.5, 0.6) is 5.75 Å². The number of fused-ring (bicyclic) bond motifs is 1. The van der Waals surface area contributed by atoms with Gasteiger partial charge in [0.15, 0.2) is 0 Å². The normalized spacial score (nSPS) is 13.5. The molecule has 0 saturated heterocycles. The first kappa shape index (κ1) is 28.3. The molecule has 2 aromatic rings. The summed E-state index contributed by atoms with van der Waals surface area (Å²) in [6, 6.07) is 11.1. The van der Waals surface area contributed by atoms with Crippen LogP contribution in [0.4, 0.5) is 0 Å². The van der Waals surface area contributed by atoms with E-state index in [2.05, 4.69) is 17.6 Å². The van der Waals surface area contributed by atoms with Crippen LogP contribution in [-0.2, 0) is 38.4 Å². The van der Waals surface area contributed by atoms with E-state index in [-0.39, 0.29) is 55.1 Å². The third kappa shape index (κ3) is 7.39. The molecule has 202 valence electrons. The van der Waals surface area contributed by atoms with Crippen LogP contribution in [0.15, 0.2) is 42.5 Å². The first-order valence-corrected chi connectivity index (χ1v) is 12.5. The lowest BCUT2D eigenvalue weighted by atomic mass is 9.97. The lowest BCUT2D eigenvalue weighted by molar-refractivity contribution is -0.135. The molecule has 0 bridgehead atoms. The number of aryl methyl sites for hydroxylation is 2. The molecular formula is C27H32N4O7. The molecule has 0 unspecified atom stereocenters. The molecule has 1 atom stereocenters. The number of nitrogens with zero attached hydrogens (tertiary/aromatic N) is 1. The highest BCUT2D eigenvalue weighted by Crippen LogP contribution is 2.27. The van der Waals surface area contributed by atoms with E-state index < -0.39 is 29.7 Å². The number of phenolic OH excluding ortho intramolecular Hbond substituents is 1. The molecule has 0 saturated carbocycles. The summed E-state index contributed by atoms with van der Waals surface area (Å²) in [5, 5.41) is 23.9. The summed E-state index contributed by atoms with van der Waals surface area (Å²) in [6.07, 6.45) is 2.23. The van der Waals surface area contributed by atoms with Crippen LogP contribution in [0, 0.1) is 0 Å². The standard InChI is InChI=1S/C27H32N4O7/c1-2-4-17-7-9-18(10-8-17)11-12-23(33)28-16-21(26(36)30-38)29-24(34)13-14-31-25(35)15-20-19(27(31)37)5-3-6-22(20)32/h3,5-10,21,32,38H,2,4,11-16H2,1H3,(H,28,33)(H,29,34)(H,30,36)/t21-/m0/s1. The highest BCUT2D eigenvalue weighted by atomic mass is 16.5. The second kappa shape index (κ2) is 13.3. The molecule has 3 rings (SSSR count). The topological polar surface area (TPSA) is 165 Å². The van der Waals surface area contributed by atoms with Gasteiger partial charge in [0.05, 0.1) is 6.42 Å². The third-order valence-corrected chi connectivity index (χ3v) is 6.29. The van der Waals surface area contributed by atoms with Crippen molar-refractivity contribution < 1.29 is 34.3 Å². The number of rotatable bonds is 12. The zero-order chi connectivity index (χ0) is 27.7. The minimum Gasteiger partial charge on any atom is -0.508 e. The van der Waals surface area contributed by atoms with E-state index in [1.807, 2.05) is 24.3 Å². The van der Waals surface area contributed by atoms with E-state index in [0.717, 1.165) is 23.3 Å². The Morgan fingerprint density at radius 3 is 2.32 bits per heavy atom. The zero-order valence-electron chi connectivity index (χ0n) is 21.2. The van der Waals surface area contributed by atoms with Crippen molar-refractivity contribution in [3.63, 3.8) is 0 Å². The molecule has 2 aromatic carbocycles. The number of nitrogens with one attached hydrogen (secondary N) is 3. The first-order chi connectivity index (χ1) is 18.2. The number of benzene rings is 2. The fourth-order valence-corrected chi connectivity index (χ4v) is 4.18. The van der Waals surface area contributed by atoms with Gasteiger partial charge in [0.25, 0.3) is 11.8 Å². The average molecular weight is 525 g/mol. The Labute approximate surface area is 220 Å². The molecule has 0 spiro atoms. The van der Waals surface area contributed by atoms with Gasteiger partial charge < -0.3 is 15.7 Å². The van der Waals surface area contributed by atoms with Crippen LogP contribution >= 0.6 is 0 Å². The van der Waals surface area contributed by atoms with Gasteiger partial charge >= 0.3 is 0 Å². The quantitative estimate of drug-likeness (QED) is 0.157. The summed E-state index contributed by atoms with van der Waals surface area (Å²) < 4.78 is 0. The summed E-state index contributed by atoms with van der Waals surface area (Å²) >= 11 is 0. The summed E-state index contributed by atoms with van der Waals surface area (Å²) in [4.78, 5) is 62.8. The molecular weight excluding hydrogens is 492 g/mol. The number of imide groups is 1. The number of carbonyl (C=O) groups excluding carboxylic acids is 5. The fourth-order valence-electron chi connectivity index (χ4n) is 4.18. The van der Waals surface area contributed by atoms with Crippen molar-refractivity contribution in [2.75, 3.05) is 13.1 Å². The van der Waals surface area contributed by atoms with Gasteiger partial charge in [0.2, 0.25) is 17.7 Å². The Balaban J connectivity index is 1.48. The maximum Gasteiger partial charge on any atom is 0.267 e. The van der Waals surface area contributed by atoms with E-state index in [0.29, 0.717) is 6.42 Å². The van der Waals surface area contributed by atoms with Crippen molar-refractivity contribution in [2.45, 2.75) is 51.5 Å². The zero-order valence-corrected chi connectivity index (χ0v) is 21.2. The molecule has 5 amide bonds.